The molecule has 0 radical (unpaired) electrons. The third-order valence-electron chi connectivity index (χ3n) is 3.92. The molecule has 1 aromatic rings. The molecule has 0 saturated carbocycles. The number of carboxylic acid groups (broad SMARTS) is 1. The zero-order valence-electron chi connectivity index (χ0n) is 12.3. The molecule has 5 nitrogen and oxygen atoms in total. The summed E-state index contributed by atoms with van der Waals surface area (Å²) in [4.78, 5) is 24.9. The first-order valence-electron chi connectivity index (χ1n) is 7.41. The third-order valence-corrected chi connectivity index (χ3v) is 3.92. The summed E-state index contributed by atoms with van der Waals surface area (Å²) in [7, 11) is 0. The van der Waals surface area contributed by atoms with Gasteiger partial charge in [0.2, 0.25) is 0 Å². The molecule has 2 rings (SSSR count). The summed E-state index contributed by atoms with van der Waals surface area (Å²) < 4.78 is 0. The summed E-state index contributed by atoms with van der Waals surface area (Å²) in [6, 6.07) is 6.58. The van der Waals surface area contributed by atoms with Gasteiger partial charge in [-0.3, -0.25) is 0 Å². The number of hydrogen-bond acceptors (Lipinski definition) is 2. The SMILES string of the molecule is CC1CCCN(C(=O)NCc2cccc(C(=O)O)c2)CC1. The second-order valence-electron chi connectivity index (χ2n) is 5.69. The number of likely N-dealkylation sites (tertiary alicyclic amines) is 1. The topological polar surface area (TPSA) is 69.6 Å². The molecule has 1 saturated heterocycles. The Bertz CT molecular complexity index is 516. The predicted molar refractivity (Wildman–Crippen MR) is 80.2 cm³/mol. The van der Waals surface area contributed by atoms with E-state index >= 15 is 0 Å². The highest BCUT2D eigenvalue weighted by Crippen LogP contribution is 2.16. The Morgan fingerprint density at radius 2 is 2.14 bits per heavy atom. The molecule has 0 aliphatic carbocycles. The fourth-order valence-corrected chi connectivity index (χ4v) is 2.57. The standard InChI is InChI=1S/C16H22N2O3/c1-12-4-3-8-18(9-7-12)16(21)17-11-13-5-2-6-14(10-13)15(19)20/h2,5-6,10,12H,3-4,7-9,11H2,1H3,(H,17,21)(H,19,20). The fraction of sp³-hybridized carbons (Fsp3) is 0.500. The molecule has 0 aromatic heterocycles. The van der Waals surface area contributed by atoms with E-state index in [9.17, 15) is 9.59 Å². The van der Waals surface area contributed by atoms with Gasteiger partial charge in [0.25, 0.3) is 0 Å². The predicted octanol–water partition coefficient (Wildman–Crippen LogP) is 2.72. The van der Waals surface area contributed by atoms with Crippen LogP contribution in [0, 0.1) is 5.92 Å². The molecule has 2 N–H and O–H groups in total. The van der Waals surface area contributed by atoms with Crippen molar-refractivity contribution in [3.05, 3.63) is 35.4 Å². The summed E-state index contributed by atoms with van der Waals surface area (Å²) in [6.07, 6.45) is 3.26. The minimum atomic E-state index is -0.954. The Balaban J connectivity index is 1.88. The van der Waals surface area contributed by atoms with Crippen LogP contribution in [0.5, 0.6) is 0 Å². The number of carbonyl (C=O) groups is 2. The van der Waals surface area contributed by atoms with Gasteiger partial charge in [-0.2, -0.15) is 0 Å². The molecule has 1 aliphatic rings. The van der Waals surface area contributed by atoms with Gasteiger partial charge in [0.05, 0.1) is 5.56 Å². The van der Waals surface area contributed by atoms with E-state index in [1.54, 1.807) is 18.2 Å². The Hall–Kier alpha value is -2.04. The second kappa shape index (κ2) is 7.11. The average Bonchev–Trinajstić information content (AvgIpc) is 2.70. The maximum Gasteiger partial charge on any atom is 0.335 e. The van der Waals surface area contributed by atoms with E-state index < -0.39 is 5.97 Å². The molecule has 0 spiro atoms. The van der Waals surface area contributed by atoms with Crippen molar-refractivity contribution in [3.63, 3.8) is 0 Å². The Morgan fingerprint density at radius 3 is 2.90 bits per heavy atom. The monoisotopic (exact) mass is 290 g/mol. The van der Waals surface area contributed by atoms with Crippen molar-refractivity contribution >= 4 is 12.0 Å². The molecule has 1 aromatic carbocycles. The molecule has 1 atom stereocenters. The van der Waals surface area contributed by atoms with Gasteiger partial charge in [0.1, 0.15) is 0 Å². The van der Waals surface area contributed by atoms with E-state index in [-0.39, 0.29) is 11.6 Å². The van der Waals surface area contributed by atoms with Gasteiger partial charge in [-0.05, 0) is 42.9 Å². The lowest BCUT2D eigenvalue weighted by Gasteiger charge is -2.21. The first-order chi connectivity index (χ1) is 10.1. The number of carbonyl (C=O) groups excluding carboxylic acids is 1. The van der Waals surface area contributed by atoms with Gasteiger partial charge in [-0.1, -0.05) is 19.1 Å². The third kappa shape index (κ3) is 4.48. The van der Waals surface area contributed by atoms with E-state index in [0.29, 0.717) is 12.5 Å². The first-order valence-corrected chi connectivity index (χ1v) is 7.41. The van der Waals surface area contributed by atoms with Crippen molar-refractivity contribution in [1.29, 1.82) is 0 Å². The van der Waals surface area contributed by atoms with Crippen LogP contribution in [0.15, 0.2) is 24.3 Å². The molecule has 2 amide bonds. The molecular formula is C16H22N2O3. The number of hydrogen-bond donors (Lipinski definition) is 2. The molecule has 1 fully saturated rings. The summed E-state index contributed by atoms with van der Waals surface area (Å²) in [5.41, 5.74) is 1.04. The zero-order valence-corrected chi connectivity index (χ0v) is 12.3. The van der Waals surface area contributed by atoms with E-state index in [2.05, 4.69) is 12.2 Å². The molecular weight excluding hydrogens is 268 g/mol. The zero-order chi connectivity index (χ0) is 15.2. The summed E-state index contributed by atoms with van der Waals surface area (Å²) in [5, 5.41) is 11.8. The minimum absolute atomic E-state index is 0.0650. The van der Waals surface area contributed by atoms with Crippen molar-refractivity contribution in [2.24, 2.45) is 5.92 Å². The lowest BCUT2D eigenvalue weighted by atomic mass is 10.0. The van der Waals surface area contributed by atoms with Crippen LogP contribution in [0.3, 0.4) is 0 Å². The number of nitrogens with one attached hydrogen (secondary N) is 1. The molecule has 1 heterocycles. The quantitative estimate of drug-likeness (QED) is 0.899. The normalized spacial score (nSPS) is 18.9. The van der Waals surface area contributed by atoms with Crippen molar-refractivity contribution in [1.82, 2.24) is 10.2 Å². The van der Waals surface area contributed by atoms with Crippen molar-refractivity contribution < 1.29 is 14.7 Å². The smallest absolute Gasteiger partial charge is 0.335 e. The number of urea groups is 1. The number of amides is 2. The van der Waals surface area contributed by atoms with Crippen molar-refractivity contribution in [2.75, 3.05) is 13.1 Å². The van der Waals surface area contributed by atoms with Crippen LogP contribution in [0.2, 0.25) is 0 Å². The van der Waals surface area contributed by atoms with Crippen LogP contribution in [-0.4, -0.2) is 35.1 Å². The second-order valence-corrected chi connectivity index (χ2v) is 5.69. The van der Waals surface area contributed by atoms with Gasteiger partial charge < -0.3 is 15.3 Å². The van der Waals surface area contributed by atoms with Crippen molar-refractivity contribution in [3.8, 4) is 0 Å². The van der Waals surface area contributed by atoms with E-state index in [1.807, 2.05) is 11.0 Å². The van der Waals surface area contributed by atoms with Crippen LogP contribution >= 0.6 is 0 Å². The number of nitrogens with zero attached hydrogens (tertiary/aromatic N) is 1. The van der Waals surface area contributed by atoms with Gasteiger partial charge in [-0.25, -0.2) is 9.59 Å². The van der Waals surface area contributed by atoms with E-state index in [1.165, 1.54) is 6.42 Å². The molecule has 1 unspecified atom stereocenters. The molecule has 1 aliphatic heterocycles. The van der Waals surface area contributed by atoms with Crippen LogP contribution in [0.25, 0.3) is 0 Å². The largest absolute Gasteiger partial charge is 0.478 e. The van der Waals surface area contributed by atoms with Gasteiger partial charge in [0.15, 0.2) is 0 Å². The lowest BCUT2D eigenvalue weighted by molar-refractivity contribution is 0.0696. The highest BCUT2D eigenvalue weighted by Gasteiger charge is 2.18. The van der Waals surface area contributed by atoms with E-state index in [0.717, 1.165) is 31.5 Å². The van der Waals surface area contributed by atoms with Crippen molar-refractivity contribution in [2.45, 2.75) is 32.7 Å². The van der Waals surface area contributed by atoms with Crippen LogP contribution in [0.1, 0.15) is 42.1 Å². The van der Waals surface area contributed by atoms with Crippen LogP contribution in [0.4, 0.5) is 4.79 Å². The van der Waals surface area contributed by atoms with Gasteiger partial charge >= 0.3 is 12.0 Å². The molecule has 114 valence electrons. The van der Waals surface area contributed by atoms with Crippen LogP contribution in [-0.2, 0) is 6.54 Å². The number of benzene rings is 1. The van der Waals surface area contributed by atoms with Gasteiger partial charge in [-0.15, -0.1) is 0 Å². The van der Waals surface area contributed by atoms with Gasteiger partial charge in [0, 0.05) is 19.6 Å². The van der Waals surface area contributed by atoms with E-state index in [4.69, 9.17) is 5.11 Å². The average molecular weight is 290 g/mol. The summed E-state index contributed by atoms with van der Waals surface area (Å²) >= 11 is 0. The Labute approximate surface area is 125 Å². The molecule has 0 bridgehead atoms. The Kier molecular flexibility index (Phi) is 5.20. The van der Waals surface area contributed by atoms with Crippen LogP contribution < -0.4 is 5.32 Å². The minimum Gasteiger partial charge on any atom is -0.478 e. The first kappa shape index (κ1) is 15.4. The Morgan fingerprint density at radius 1 is 1.33 bits per heavy atom. The number of aromatic carboxylic acids is 1. The highest BCUT2D eigenvalue weighted by atomic mass is 16.4. The summed E-state index contributed by atoms with van der Waals surface area (Å²) in [6.45, 7) is 4.16. The summed E-state index contributed by atoms with van der Waals surface area (Å²) in [5.74, 6) is -0.278. The highest BCUT2D eigenvalue weighted by molar-refractivity contribution is 5.87. The fourth-order valence-electron chi connectivity index (χ4n) is 2.57. The number of carboxylic acids is 1. The lowest BCUT2D eigenvalue weighted by Crippen LogP contribution is -2.40. The number of rotatable bonds is 3. The maximum absolute atomic E-state index is 12.1. The maximum atomic E-state index is 12.1. The molecule has 5 heteroatoms. The molecule has 21 heavy (non-hydrogen) atoms.